The van der Waals surface area contributed by atoms with Gasteiger partial charge in [0.15, 0.2) is 18.0 Å². The largest absolute Gasteiger partial charge is 0.463 e. The van der Waals surface area contributed by atoms with Crippen molar-refractivity contribution < 1.29 is 92.3 Å². The Kier molecular flexibility index (Phi) is 20.8. The number of aliphatic hydroxyl groups excluding tert-OH is 5. The fourth-order valence-electron chi connectivity index (χ4n) is 9.75. The minimum absolute atomic E-state index is 0.00175. The molecule has 0 aromatic rings. The number of guanidine groups is 1. The van der Waals surface area contributed by atoms with Gasteiger partial charge in [0.1, 0.15) is 66.5 Å². The van der Waals surface area contributed by atoms with Crippen LogP contribution in [0.1, 0.15) is 114 Å². The maximum atomic E-state index is 15.2. The van der Waals surface area contributed by atoms with E-state index in [0.717, 1.165) is 23.3 Å². The number of hydrogen-bond donors (Lipinski definition) is 9. The van der Waals surface area contributed by atoms with Gasteiger partial charge in [0.2, 0.25) is 17.8 Å². The van der Waals surface area contributed by atoms with Gasteiger partial charge in [0, 0.05) is 39.6 Å². The molecule has 3 saturated heterocycles. The van der Waals surface area contributed by atoms with Crippen molar-refractivity contribution >= 4 is 47.9 Å². The van der Waals surface area contributed by atoms with E-state index < -0.39 is 145 Å². The van der Waals surface area contributed by atoms with Gasteiger partial charge in [-0.25, -0.2) is 14.4 Å². The Morgan fingerprint density at radius 3 is 2.31 bits per heavy atom. The van der Waals surface area contributed by atoms with Crippen LogP contribution in [0.15, 0.2) is 16.6 Å². The van der Waals surface area contributed by atoms with E-state index in [4.69, 9.17) is 33.2 Å². The summed E-state index contributed by atoms with van der Waals surface area (Å²) in [6.07, 6.45) is -11.9. The summed E-state index contributed by atoms with van der Waals surface area (Å²) in [6, 6.07) is -5.86. The Labute approximate surface area is 436 Å². The first kappa shape index (κ1) is 60.6. The number of fused-ring (bicyclic) bond motifs is 1. The summed E-state index contributed by atoms with van der Waals surface area (Å²) in [7, 11) is 1.19. The van der Waals surface area contributed by atoms with Crippen molar-refractivity contribution in [3.8, 4) is 0 Å². The number of likely N-dealkylation sites (tertiary alicyclic amines) is 1. The van der Waals surface area contributed by atoms with E-state index in [1.807, 2.05) is 6.92 Å². The van der Waals surface area contributed by atoms with Gasteiger partial charge in [-0.2, -0.15) is 0 Å². The number of ether oxygens (including phenoxy) is 7. The summed E-state index contributed by atoms with van der Waals surface area (Å²) in [6.45, 7) is 14.6. The zero-order chi connectivity index (χ0) is 55.7. The number of amides is 6. The van der Waals surface area contributed by atoms with Crippen LogP contribution in [0.3, 0.4) is 0 Å². The molecule has 0 radical (unpaired) electrons. The van der Waals surface area contributed by atoms with Crippen LogP contribution in [-0.2, 0) is 52.3 Å². The SMILES string of the molecule is CCCCCC(=O)OC[C@H]1O[C@H](O[C@@H]2C[C@@H]3[C@H](O)[C@@]4(C2)OC(=O)N[C@H]4[C@H](C(=O)NCCC2=CCN(/C(=N/C(=O)OC(C)(C)C)NC(=O)OC(C)(C)C)C2)N3C(=O)[C@@H](CC(C)C)NC(=O)[C@@H](CO)OC)[C@H](O)[C@@H](O)[C@@H]1O. The highest BCUT2D eigenvalue weighted by Gasteiger charge is 2.70. The predicted molar refractivity (Wildman–Crippen MR) is 262 cm³/mol. The van der Waals surface area contributed by atoms with Crippen molar-refractivity contribution in [3.63, 3.8) is 0 Å². The highest BCUT2D eigenvalue weighted by Crippen LogP contribution is 2.48. The fourth-order valence-corrected chi connectivity index (χ4v) is 9.75. The van der Waals surface area contributed by atoms with E-state index in [9.17, 15) is 54.3 Å². The number of aliphatic imine (C=N–C) groups is 1. The van der Waals surface area contributed by atoms with Gasteiger partial charge in [-0.3, -0.25) is 24.5 Å². The molecule has 0 aromatic carbocycles. The number of hydrogen-bond acceptors (Lipinski definition) is 19. The lowest BCUT2D eigenvalue weighted by molar-refractivity contribution is -0.322. The van der Waals surface area contributed by atoms with Crippen molar-refractivity contribution in [2.75, 3.05) is 40.0 Å². The molecule has 6 amide bonds. The molecule has 0 unspecified atom stereocenters. The number of carbonyl (C=O) groups is 7. The van der Waals surface area contributed by atoms with Gasteiger partial charge in [-0.15, -0.1) is 4.99 Å². The zero-order valence-corrected chi connectivity index (χ0v) is 44.6. The molecule has 1 aliphatic carbocycles. The highest BCUT2D eigenvalue weighted by molar-refractivity contribution is 5.99. The molecule has 5 rings (SSSR count). The van der Waals surface area contributed by atoms with E-state index >= 15 is 4.79 Å². The first-order valence-corrected chi connectivity index (χ1v) is 25.6. The molecule has 4 aliphatic heterocycles. The smallest absolute Gasteiger partial charge is 0.437 e. The Balaban J connectivity index is 1.42. The van der Waals surface area contributed by atoms with E-state index in [1.54, 1.807) is 66.4 Å². The molecule has 75 heavy (non-hydrogen) atoms. The average Bonchev–Trinajstić information content (AvgIpc) is 3.91. The van der Waals surface area contributed by atoms with Crippen LogP contribution in [-0.4, -0.2) is 213 Å². The molecule has 1 saturated carbocycles. The van der Waals surface area contributed by atoms with Crippen molar-refractivity contribution in [3.05, 3.63) is 11.6 Å². The summed E-state index contributed by atoms with van der Waals surface area (Å²) >= 11 is 0. The first-order valence-electron chi connectivity index (χ1n) is 25.6. The quantitative estimate of drug-likeness (QED) is 0.0205. The number of unbranched alkanes of at least 4 members (excludes halogenated alkanes) is 2. The molecule has 9 N–H and O–H groups in total. The molecule has 26 nitrogen and oxygen atoms in total. The van der Waals surface area contributed by atoms with Crippen LogP contribution < -0.4 is 21.3 Å². The van der Waals surface area contributed by atoms with Crippen molar-refractivity contribution in [1.82, 2.24) is 31.1 Å². The topological polar surface area (TPSA) is 352 Å². The number of rotatable bonds is 19. The number of nitrogens with zero attached hydrogens (tertiary/aromatic N) is 3. The minimum atomic E-state index is -1.97. The Bertz CT molecular complexity index is 2110. The number of carbonyl (C=O) groups excluding carboxylic acids is 7. The molecule has 4 heterocycles. The number of esters is 1. The van der Waals surface area contributed by atoms with E-state index in [0.29, 0.717) is 6.42 Å². The molecule has 1 spiro atoms. The second kappa shape index (κ2) is 25.7. The first-order chi connectivity index (χ1) is 35.1. The number of nitrogens with one attached hydrogen (secondary N) is 4. The minimum Gasteiger partial charge on any atom is -0.463 e. The normalized spacial score (nSPS) is 29.5. The Hall–Kier alpha value is -5.22. The standard InChI is InChI=1S/C49H79N7O19/c1-11-12-13-14-32(58)70-24-31-34(59)35(60)36(61)42(72-31)71-27-20-29-38(62)49(21-27)37(52-44(66)75-49)33(56(29)41(65)28(19-25(2)3)51-39(63)30(23-57)69-10)40(64)50-17-15-26-16-18-55(22-26)43(53-45(67)73-47(4,5)6)54-46(68)74-48(7,8)9/h16,25,27-31,33-38,42,57,59-62H,11-15,17-24H2,1-10H3,(H,50,64)(H,51,63)(H,52,66)(H,53,54,67,68)/t27-,28-,29-,30-,31-,33-,34-,35+,36-,37+,38+,42+,49+/m1/s1. The number of aliphatic hydroxyl groups is 5. The summed E-state index contributed by atoms with van der Waals surface area (Å²) in [4.78, 5) is 102. The molecule has 13 atom stereocenters. The van der Waals surface area contributed by atoms with Crippen LogP contribution in [0.5, 0.6) is 0 Å². The van der Waals surface area contributed by atoms with Crippen molar-refractivity contribution in [1.29, 1.82) is 0 Å². The number of methoxy groups -OCH3 is 1. The Morgan fingerprint density at radius 1 is 0.987 bits per heavy atom. The van der Waals surface area contributed by atoms with Crippen LogP contribution in [0.4, 0.5) is 14.4 Å². The summed E-state index contributed by atoms with van der Waals surface area (Å²) in [5.41, 5.74) is -2.99. The third-order valence-electron chi connectivity index (χ3n) is 13.2. The van der Waals surface area contributed by atoms with Gasteiger partial charge in [-0.05, 0) is 73.1 Å². The average molecular weight is 1070 g/mol. The lowest BCUT2D eigenvalue weighted by Gasteiger charge is -2.58. The van der Waals surface area contributed by atoms with Gasteiger partial charge in [0.25, 0.3) is 5.91 Å². The lowest BCUT2D eigenvalue weighted by Crippen LogP contribution is -2.80. The Morgan fingerprint density at radius 2 is 1.68 bits per heavy atom. The van der Waals surface area contributed by atoms with Gasteiger partial charge >= 0.3 is 24.2 Å². The molecule has 424 valence electrons. The molecule has 4 fully saturated rings. The highest BCUT2D eigenvalue weighted by atomic mass is 16.7. The van der Waals surface area contributed by atoms with Crippen LogP contribution in [0, 0.1) is 5.92 Å². The second-order valence-corrected chi connectivity index (χ2v) is 21.9. The molecule has 5 aliphatic rings. The van der Waals surface area contributed by atoms with Crippen molar-refractivity contribution in [2.24, 2.45) is 10.9 Å². The third-order valence-corrected chi connectivity index (χ3v) is 13.2. The van der Waals surface area contributed by atoms with Gasteiger partial charge in [-0.1, -0.05) is 45.3 Å². The fraction of sp³-hybridized carbons (Fsp3) is 0.796. The summed E-state index contributed by atoms with van der Waals surface area (Å²) < 4.78 is 39.2. The van der Waals surface area contributed by atoms with E-state index in [1.165, 1.54) is 7.11 Å². The zero-order valence-electron chi connectivity index (χ0n) is 44.6. The van der Waals surface area contributed by atoms with Crippen LogP contribution in [0.2, 0.25) is 0 Å². The molecule has 2 bridgehead atoms. The predicted octanol–water partition coefficient (Wildman–Crippen LogP) is -0.0137. The molecule has 0 aromatic heterocycles. The summed E-state index contributed by atoms with van der Waals surface area (Å²) in [5.74, 6) is -3.46. The van der Waals surface area contributed by atoms with Gasteiger partial charge < -0.3 is 84.4 Å². The maximum Gasteiger partial charge on any atom is 0.437 e. The summed E-state index contributed by atoms with van der Waals surface area (Å²) in [5, 5.41) is 65.6. The second-order valence-electron chi connectivity index (χ2n) is 21.9. The third kappa shape index (κ3) is 15.7. The number of alkyl carbamates (subject to hydrolysis) is 2. The molecular formula is C49H79N7O19. The molecule has 26 heteroatoms. The molecular weight excluding hydrogens is 991 g/mol. The van der Waals surface area contributed by atoms with E-state index in [-0.39, 0.29) is 63.6 Å². The van der Waals surface area contributed by atoms with E-state index in [2.05, 4.69) is 26.3 Å². The monoisotopic (exact) mass is 1070 g/mol. The lowest BCUT2D eigenvalue weighted by atomic mass is 9.66. The van der Waals surface area contributed by atoms with Gasteiger partial charge in [0.05, 0.1) is 18.8 Å². The van der Waals surface area contributed by atoms with Crippen LogP contribution >= 0.6 is 0 Å². The van der Waals surface area contributed by atoms with Crippen LogP contribution in [0.25, 0.3) is 0 Å². The van der Waals surface area contributed by atoms with Crippen molar-refractivity contribution in [2.45, 2.75) is 204 Å². The number of piperidine rings is 1. The maximum absolute atomic E-state index is 15.2.